The van der Waals surface area contributed by atoms with E-state index in [0.717, 1.165) is 12.4 Å². The lowest BCUT2D eigenvalue weighted by Gasteiger charge is -2.47. The van der Waals surface area contributed by atoms with Gasteiger partial charge in [0, 0.05) is 29.0 Å². The van der Waals surface area contributed by atoms with E-state index in [1.165, 1.54) is 30.0 Å². The number of aromatic nitrogens is 2. The Morgan fingerprint density at radius 1 is 1.21 bits per heavy atom. The van der Waals surface area contributed by atoms with Crippen LogP contribution in [0.3, 0.4) is 0 Å². The SMILES string of the molecule is C[C@H]1SC(NC(=O)OC(C)(C)C)=N[C@@]2(c3cc(NC(=O)c4cnc(C(F)F)cn4)ccc3F)COCC[C@@H]12. The van der Waals surface area contributed by atoms with Crippen molar-refractivity contribution in [2.24, 2.45) is 10.9 Å². The minimum Gasteiger partial charge on any atom is -0.444 e. The molecule has 2 aliphatic rings. The number of nitrogens with one attached hydrogen (secondary N) is 2. The van der Waals surface area contributed by atoms with E-state index in [9.17, 15) is 18.4 Å². The fourth-order valence-electron chi connectivity index (χ4n) is 4.47. The van der Waals surface area contributed by atoms with Crippen molar-refractivity contribution < 1.29 is 32.2 Å². The van der Waals surface area contributed by atoms with Gasteiger partial charge in [0.15, 0.2) is 5.17 Å². The summed E-state index contributed by atoms with van der Waals surface area (Å²) < 4.78 is 52.0. The third-order valence-corrected chi connectivity index (χ3v) is 7.22. The van der Waals surface area contributed by atoms with Crippen molar-refractivity contribution in [2.45, 2.75) is 56.9 Å². The summed E-state index contributed by atoms with van der Waals surface area (Å²) >= 11 is 1.36. The average molecular weight is 552 g/mol. The molecule has 0 spiro atoms. The lowest BCUT2D eigenvalue weighted by atomic mass is 9.74. The Bertz CT molecular complexity index is 1240. The summed E-state index contributed by atoms with van der Waals surface area (Å²) in [6, 6.07) is 4.05. The number of ether oxygens (including phenoxy) is 2. The van der Waals surface area contributed by atoms with E-state index in [4.69, 9.17) is 14.5 Å². The van der Waals surface area contributed by atoms with E-state index in [0.29, 0.717) is 13.0 Å². The van der Waals surface area contributed by atoms with E-state index < -0.39 is 41.1 Å². The van der Waals surface area contributed by atoms with Crippen molar-refractivity contribution in [1.29, 1.82) is 0 Å². The number of benzene rings is 1. The normalized spacial score (nSPS) is 23.3. The number of aliphatic imine (C=N–C) groups is 1. The number of thioether (sulfide) groups is 1. The first-order valence-corrected chi connectivity index (χ1v) is 12.8. The zero-order valence-electron chi connectivity index (χ0n) is 21.3. The molecule has 2 amide bonds. The minimum atomic E-state index is -2.81. The molecule has 0 aliphatic carbocycles. The van der Waals surface area contributed by atoms with Crippen LogP contribution in [-0.2, 0) is 15.0 Å². The van der Waals surface area contributed by atoms with Crippen molar-refractivity contribution in [2.75, 3.05) is 18.5 Å². The molecule has 38 heavy (non-hydrogen) atoms. The lowest BCUT2D eigenvalue weighted by molar-refractivity contribution is -0.00440. The van der Waals surface area contributed by atoms with Crippen LogP contribution in [0.25, 0.3) is 0 Å². The second kappa shape index (κ2) is 10.9. The smallest absolute Gasteiger partial charge is 0.413 e. The monoisotopic (exact) mass is 551 g/mol. The maximum atomic E-state index is 15.4. The van der Waals surface area contributed by atoms with Crippen molar-refractivity contribution in [3.8, 4) is 0 Å². The Morgan fingerprint density at radius 3 is 2.63 bits per heavy atom. The van der Waals surface area contributed by atoms with Gasteiger partial charge < -0.3 is 14.8 Å². The van der Waals surface area contributed by atoms with Gasteiger partial charge in [-0.3, -0.25) is 15.1 Å². The molecule has 1 saturated heterocycles. The van der Waals surface area contributed by atoms with Gasteiger partial charge in [0.2, 0.25) is 0 Å². The first kappa shape index (κ1) is 27.8. The van der Waals surface area contributed by atoms with Gasteiger partial charge in [-0.05, 0) is 45.4 Å². The summed E-state index contributed by atoms with van der Waals surface area (Å²) in [4.78, 5) is 37.2. The number of alkyl carbamates (subject to hydrolysis) is 1. The van der Waals surface area contributed by atoms with E-state index in [1.807, 2.05) is 6.92 Å². The topological polar surface area (TPSA) is 115 Å². The Labute approximate surface area is 222 Å². The van der Waals surface area contributed by atoms with Crippen LogP contribution in [0.5, 0.6) is 0 Å². The van der Waals surface area contributed by atoms with Crippen molar-refractivity contribution >= 4 is 34.6 Å². The van der Waals surface area contributed by atoms with E-state index >= 15 is 4.39 Å². The van der Waals surface area contributed by atoms with Gasteiger partial charge in [-0.25, -0.2) is 27.9 Å². The Morgan fingerprint density at radius 2 is 1.97 bits per heavy atom. The van der Waals surface area contributed by atoms with Gasteiger partial charge in [0.25, 0.3) is 12.3 Å². The first-order chi connectivity index (χ1) is 17.9. The van der Waals surface area contributed by atoms with Gasteiger partial charge in [-0.15, -0.1) is 0 Å². The summed E-state index contributed by atoms with van der Waals surface area (Å²) in [5.41, 5.74) is -2.18. The lowest BCUT2D eigenvalue weighted by Crippen LogP contribution is -2.52. The van der Waals surface area contributed by atoms with E-state index in [2.05, 4.69) is 20.6 Å². The average Bonchev–Trinajstić information content (AvgIpc) is 2.84. The zero-order chi connectivity index (χ0) is 27.7. The summed E-state index contributed by atoms with van der Waals surface area (Å²) in [5, 5.41) is 5.50. The van der Waals surface area contributed by atoms with Crippen LogP contribution in [0.15, 0.2) is 35.6 Å². The highest BCUT2D eigenvalue weighted by Gasteiger charge is 2.50. The number of carbonyl (C=O) groups is 2. The minimum absolute atomic E-state index is 0.0531. The number of amidine groups is 1. The highest BCUT2D eigenvalue weighted by molar-refractivity contribution is 8.14. The predicted molar refractivity (Wildman–Crippen MR) is 136 cm³/mol. The predicted octanol–water partition coefficient (Wildman–Crippen LogP) is 5.05. The van der Waals surface area contributed by atoms with Gasteiger partial charge in [-0.2, -0.15) is 0 Å². The number of hydrogen-bond donors (Lipinski definition) is 2. The third-order valence-electron chi connectivity index (χ3n) is 6.10. The molecule has 1 aromatic carbocycles. The third kappa shape index (κ3) is 6.09. The highest BCUT2D eigenvalue weighted by Crippen LogP contribution is 2.49. The number of rotatable bonds is 4. The second-order valence-electron chi connectivity index (χ2n) is 10.0. The Hall–Kier alpha value is -3.19. The van der Waals surface area contributed by atoms with Crippen LogP contribution >= 0.6 is 11.8 Å². The molecule has 3 atom stereocenters. The van der Waals surface area contributed by atoms with Crippen LogP contribution in [0.1, 0.15) is 62.3 Å². The number of alkyl halides is 2. The van der Waals surface area contributed by atoms with Gasteiger partial charge in [-0.1, -0.05) is 18.7 Å². The molecule has 0 saturated carbocycles. The van der Waals surface area contributed by atoms with Crippen LogP contribution in [0, 0.1) is 11.7 Å². The number of carbonyl (C=O) groups excluding carboxylic acids is 2. The summed E-state index contributed by atoms with van der Waals surface area (Å²) in [7, 11) is 0. The number of hydrogen-bond acceptors (Lipinski definition) is 8. The first-order valence-electron chi connectivity index (χ1n) is 11.9. The standard InChI is InChI=1S/C25H28F3N5O4S/c1-13-15-7-8-36-12-25(15,33-22(38-13)32-23(35)37-24(2,3)4)16-9-14(5-6-17(16)26)31-21(34)19-11-29-18(10-30-19)20(27)28/h5-6,9-11,13,15,20H,7-8,12H2,1-4H3,(H,31,34)(H,32,33,35)/t13-,15+,25+/m1/s1. The molecular formula is C25H28F3N5O4S. The van der Waals surface area contributed by atoms with Crippen molar-refractivity contribution in [1.82, 2.24) is 15.3 Å². The summed E-state index contributed by atoms with van der Waals surface area (Å²) in [6.45, 7) is 7.75. The highest BCUT2D eigenvalue weighted by atomic mass is 32.2. The zero-order valence-corrected chi connectivity index (χ0v) is 22.1. The van der Waals surface area contributed by atoms with E-state index in [-0.39, 0.29) is 39.9 Å². The van der Waals surface area contributed by atoms with Crippen LogP contribution in [-0.4, -0.2) is 51.2 Å². The Kier molecular flexibility index (Phi) is 7.98. The van der Waals surface area contributed by atoms with Crippen LogP contribution in [0.2, 0.25) is 0 Å². The molecule has 1 fully saturated rings. The number of fused-ring (bicyclic) bond motifs is 1. The maximum Gasteiger partial charge on any atom is 0.413 e. The van der Waals surface area contributed by atoms with Gasteiger partial charge in [0.1, 0.15) is 28.3 Å². The fourth-order valence-corrected chi connectivity index (χ4v) is 5.71. The molecule has 0 bridgehead atoms. The number of anilines is 1. The summed E-state index contributed by atoms with van der Waals surface area (Å²) in [6.07, 6.45) is -1.10. The molecular weight excluding hydrogens is 523 g/mol. The summed E-state index contributed by atoms with van der Waals surface area (Å²) in [5.74, 6) is -1.38. The molecule has 204 valence electrons. The van der Waals surface area contributed by atoms with Crippen molar-refractivity contribution in [3.05, 3.63) is 53.4 Å². The molecule has 2 aromatic rings. The van der Waals surface area contributed by atoms with Crippen LogP contribution < -0.4 is 10.6 Å². The number of nitrogens with zero attached hydrogens (tertiary/aromatic N) is 3. The molecule has 9 nitrogen and oxygen atoms in total. The largest absolute Gasteiger partial charge is 0.444 e. The molecule has 0 unspecified atom stereocenters. The fraction of sp³-hybridized carbons (Fsp3) is 0.480. The Balaban J connectivity index is 1.66. The molecule has 13 heteroatoms. The number of halogens is 3. The van der Waals surface area contributed by atoms with Gasteiger partial charge >= 0.3 is 6.09 Å². The van der Waals surface area contributed by atoms with Gasteiger partial charge in [0.05, 0.1) is 19.0 Å². The molecule has 3 heterocycles. The molecule has 2 N–H and O–H groups in total. The van der Waals surface area contributed by atoms with Crippen LogP contribution in [0.4, 0.5) is 23.7 Å². The van der Waals surface area contributed by atoms with E-state index in [1.54, 1.807) is 20.8 Å². The molecule has 2 aliphatic heterocycles. The molecule has 1 aromatic heterocycles. The second-order valence-corrected chi connectivity index (χ2v) is 11.4. The van der Waals surface area contributed by atoms with Crippen molar-refractivity contribution in [3.63, 3.8) is 0 Å². The molecule has 0 radical (unpaired) electrons. The number of amides is 2. The quantitative estimate of drug-likeness (QED) is 0.546. The maximum absolute atomic E-state index is 15.4. The molecule has 4 rings (SSSR count).